The van der Waals surface area contributed by atoms with Gasteiger partial charge in [0.1, 0.15) is 12.4 Å². The molecular weight excluding hydrogens is 455 g/mol. The van der Waals surface area contributed by atoms with Crippen LogP contribution in [0.4, 0.5) is 0 Å². The summed E-state index contributed by atoms with van der Waals surface area (Å²) in [6.45, 7) is 7.73. The van der Waals surface area contributed by atoms with E-state index in [-0.39, 0.29) is 24.0 Å². The fourth-order valence-electron chi connectivity index (χ4n) is 2.48. The second-order valence-electron chi connectivity index (χ2n) is 6.48. The standard InChI is InChI=1S/C19H30N6O.HI/c1-5-6-10-20-19(22-13-18-24-23-15(3)25(18)4)21-12-17(26)16-9-7-8-14(2)11-16;/h7-9,11,17,26H,5-6,10,12-13H2,1-4H3,(H2,20,21,22);1H. The molecule has 1 aromatic heterocycles. The van der Waals surface area contributed by atoms with E-state index in [0.717, 1.165) is 42.2 Å². The van der Waals surface area contributed by atoms with Crippen LogP contribution < -0.4 is 10.6 Å². The summed E-state index contributed by atoms with van der Waals surface area (Å²) in [7, 11) is 1.93. The third kappa shape index (κ3) is 7.45. The van der Waals surface area contributed by atoms with E-state index in [0.29, 0.717) is 19.0 Å². The Morgan fingerprint density at radius 3 is 2.67 bits per heavy atom. The third-order valence-corrected chi connectivity index (χ3v) is 4.27. The minimum Gasteiger partial charge on any atom is -0.387 e. The Morgan fingerprint density at radius 1 is 1.26 bits per heavy atom. The number of guanidine groups is 1. The van der Waals surface area contributed by atoms with Gasteiger partial charge in [-0.2, -0.15) is 0 Å². The third-order valence-electron chi connectivity index (χ3n) is 4.27. The number of aliphatic hydroxyl groups excluding tert-OH is 1. The number of hydrogen-bond acceptors (Lipinski definition) is 4. The molecule has 1 aromatic carbocycles. The molecule has 0 fully saturated rings. The lowest BCUT2D eigenvalue weighted by atomic mass is 10.1. The van der Waals surface area contributed by atoms with Crippen LogP contribution in [0.3, 0.4) is 0 Å². The summed E-state index contributed by atoms with van der Waals surface area (Å²) in [5.74, 6) is 2.34. The van der Waals surface area contributed by atoms with Crippen LogP contribution in [0.2, 0.25) is 0 Å². The van der Waals surface area contributed by atoms with Crippen molar-refractivity contribution in [2.75, 3.05) is 13.1 Å². The van der Waals surface area contributed by atoms with Gasteiger partial charge in [0.05, 0.1) is 6.10 Å². The van der Waals surface area contributed by atoms with Crippen molar-refractivity contribution in [1.29, 1.82) is 0 Å². The number of aliphatic hydroxyl groups is 1. The molecule has 0 amide bonds. The number of nitrogens with zero attached hydrogens (tertiary/aromatic N) is 4. The zero-order valence-electron chi connectivity index (χ0n) is 16.6. The van der Waals surface area contributed by atoms with E-state index in [1.165, 1.54) is 0 Å². The van der Waals surface area contributed by atoms with Crippen LogP contribution in [0.25, 0.3) is 0 Å². The molecule has 0 aliphatic heterocycles. The minimum atomic E-state index is -0.592. The molecule has 0 spiro atoms. The Morgan fingerprint density at radius 2 is 2.04 bits per heavy atom. The van der Waals surface area contributed by atoms with Crippen LogP contribution in [0, 0.1) is 13.8 Å². The van der Waals surface area contributed by atoms with Crippen LogP contribution in [-0.2, 0) is 13.6 Å². The van der Waals surface area contributed by atoms with E-state index in [9.17, 15) is 5.11 Å². The molecule has 0 saturated carbocycles. The molecule has 7 nitrogen and oxygen atoms in total. The summed E-state index contributed by atoms with van der Waals surface area (Å²) in [6, 6.07) is 7.91. The van der Waals surface area contributed by atoms with Crippen LogP contribution in [0.5, 0.6) is 0 Å². The molecule has 0 radical (unpaired) electrons. The van der Waals surface area contributed by atoms with E-state index in [2.05, 4.69) is 32.7 Å². The van der Waals surface area contributed by atoms with Gasteiger partial charge < -0.3 is 20.3 Å². The Bertz CT molecular complexity index is 731. The lowest BCUT2D eigenvalue weighted by Crippen LogP contribution is -2.40. The predicted octanol–water partition coefficient (Wildman–Crippen LogP) is 2.62. The van der Waals surface area contributed by atoms with E-state index in [1.807, 2.05) is 49.7 Å². The molecule has 0 bridgehead atoms. The highest BCUT2D eigenvalue weighted by molar-refractivity contribution is 14.0. The lowest BCUT2D eigenvalue weighted by Gasteiger charge is -2.16. The number of aromatic nitrogens is 3. The van der Waals surface area contributed by atoms with Crippen molar-refractivity contribution >= 4 is 29.9 Å². The van der Waals surface area contributed by atoms with Crippen molar-refractivity contribution in [3.05, 3.63) is 47.0 Å². The van der Waals surface area contributed by atoms with Gasteiger partial charge in [-0.15, -0.1) is 34.2 Å². The van der Waals surface area contributed by atoms with Gasteiger partial charge >= 0.3 is 0 Å². The Hall–Kier alpha value is -1.68. The molecule has 1 unspecified atom stereocenters. The van der Waals surface area contributed by atoms with Crippen molar-refractivity contribution in [2.45, 2.75) is 46.3 Å². The van der Waals surface area contributed by atoms with Gasteiger partial charge in [0.25, 0.3) is 0 Å². The molecular formula is C19H31IN6O. The summed E-state index contributed by atoms with van der Waals surface area (Å²) >= 11 is 0. The van der Waals surface area contributed by atoms with Gasteiger partial charge in [-0.05, 0) is 25.8 Å². The topological polar surface area (TPSA) is 87.4 Å². The maximum absolute atomic E-state index is 10.4. The molecule has 0 aliphatic carbocycles. The fourth-order valence-corrected chi connectivity index (χ4v) is 2.48. The zero-order valence-corrected chi connectivity index (χ0v) is 18.9. The Balaban J connectivity index is 0.00000364. The number of aliphatic imine (C=N–C) groups is 1. The van der Waals surface area contributed by atoms with E-state index >= 15 is 0 Å². The fraction of sp³-hybridized carbons (Fsp3) is 0.526. The van der Waals surface area contributed by atoms with Gasteiger partial charge in [-0.1, -0.05) is 43.2 Å². The smallest absolute Gasteiger partial charge is 0.191 e. The molecule has 1 heterocycles. The molecule has 0 saturated heterocycles. The molecule has 150 valence electrons. The quantitative estimate of drug-likeness (QED) is 0.231. The maximum atomic E-state index is 10.4. The molecule has 8 heteroatoms. The first kappa shape index (κ1) is 23.4. The van der Waals surface area contributed by atoms with Gasteiger partial charge in [-0.25, -0.2) is 4.99 Å². The summed E-state index contributed by atoms with van der Waals surface area (Å²) in [6.07, 6.45) is 1.57. The number of unbranched alkanes of at least 4 members (excludes halogenated alkanes) is 1. The van der Waals surface area contributed by atoms with Crippen molar-refractivity contribution in [1.82, 2.24) is 25.4 Å². The normalized spacial score (nSPS) is 12.4. The summed E-state index contributed by atoms with van der Waals surface area (Å²) < 4.78 is 1.93. The monoisotopic (exact) mass is 486 g/mol. The van der Waals surface area contributed by atoms with Crippen molar-refractivity contribution in [3.8, 4) is 0 Å². The predicted molar refractivity (Wildman–Crippen MR) is 119 cm³/mol. The second-order valence-corrected chi connectivity index (χ2v) is 6.48. The second kappa shape index (κ2) is 11.9. The number of aryl methyl sites for hydroxylation is 2. The molecule has 0 aliphatic rings. The van der Waals surface area contributed by atoms with Gasteiger partial charge in [0, 0.05) is 20.1 Å². The summed E-state index contributed by atoms with van der Waals surface area (Å²) in [4.78, 5) is 4.58. The van der Waals surface area contributed by atoms with Crippen LogP contribution >= 0.6 is 24.0 Å². The van der Waals surface area contributed by atoms with Gasteiger partial charge in [-0.3, -0.25) is 0 Å². The zero-order chi connectivity index (χ0) is 18.9. The Kier molecular flexibility index (Phi) is 10.3. The van der Waals surface area contributed by atoms with E-state index < -0.39 is 6.10 Å². The highest BCUT2D eigenvalue weighted by Gasteiger charge is 2.10. The van der Waals surface area contributed by atoms with Crippen molar-refractivity contribution in [2.24, 2.45) is 12.0 Å². The first-order chi connectivity index (χ1) is 12.5. The number of rotatable bonds is 8. The van der Waals surface area contributed by atoms with Crippen LogP contribution in [0.1, 0.15) is 48.6 Å². The summed E-state index contributed by atoms with van der Waals surface area (Å²) in [5.41, 5.74) is 2.03. The van der Waals surface area contributed by atoms with Crippen LogP contribution in [-0.4, -0.2) is 38.9 Å². The van der Waals surface area contributed by atoms with E-state index in [1.54, 1.807) is 0 Å². The highest BCUT2D eigenvalue weighted by atomic mass is 127. The first-order valence-corrected chi connectivity index (χ1v) is 9.13. The molecule has 2 rings (SSSR count). The van der Waals surface area contributed by atoms with Gasteiger partial charge in [0.15, 0.2) is 11.8 Å². The number of benzene rings is 1. The largest absolute Gasteiger partial charge is 0.387 e. The summed E-state index contributed by atoms with van der Waals surface area (Å²) in [5, 5.41) is 25.1. The molecule has 1 atom stereocenters. The lowest BCUT2D eigenvalue weighted by molar-refractivity contribution is 0.180. The van der Waals surface area contributed by atoms with E-state index in [4.69, 9.17) is 0 Å². The minimum absolute atomic E-state index is 0. The number of nitrogens with one attached hydrogen (secondary N) is 2. The first-order valence-electron chi connectivity index (χ1n) is 9.13. The van der Waals surface area contributed by atoms with Crippen molar-refractivity contribution in [3.63, 3.8) is 0 Å². The maximum Gasteiger partial charge on any atom is 0.191 e. The average Bonchev–Trinajstić information content (AvgIpc) is 2.95. The van der Waals surface area contributed by atoms with Crippen LogP contribution in [0.15, 0.2) is 29.3 Å². The van der Waals surface area contributed by atoms with Crippen molar-refractivity contribution < 1.29 is 5.11 Å². The average molecular weight is 486 g/mol. The SMILES string of the molecule is CCCCNC(=NCc1nnc(C)n1C)NCC(O)c1cccc(C)c1.I. The molecule has 27 heavy (non-hydrogen) atoms. The number of hydrogen-bond donors (Lipinski definition) is 3. The molecule has 3 N–H and O–H groups in total. The van der Waals surface area contributed by atoms with Gasteiger partial charge in [0.2, 0.25) is 0 Å². The number of halogens is 1. The molecule has 2 aromatic rings. The highest BCUT2D eigenvalue weighted by Crippen LogP contribution is 2.13. The Labute approximate surface area is 178 Å².